The predicted octanol–water partition coefficient (Wildman–Crippen LogP) is 4.27. The average Bonchev–Trinajstić information content (AvgIpc) is 2.70. The lowest BCUT2D eigenvalue weighted by Gasteiger charge is -2.31. The van der Waals surface area contributed by atoms with Crippen LogP contribution in [0.4, 0.5) is 0 Å². The molecule has 1 atom stereocenters. The molecule has 30 heavy (non-hydrogen) atoms. The number of carbonyl (C=O) groups is 2. The van der Waals surface area contributed by atoms with Gasteiger partial charge in [0.1, 0.15) is 11.8 Å². The number of nitrogens with zero attached hydrogens (tertiary/aromatic N) is 1. The molecular weight excluding hydrogens is 376 g/mol. The fourth-order valence-corrected chi connectivity index (χ4v) is 3.13. The SMILES string of the molecule is COc1ccc(CN(C(=O)CCc2ccc(C)cc2)[C@H](C)C(=O)NC(C)(C)C)cc1. The zero-order valence-electron chi connectivity index (χ0n) is 19.0. The molecule has 0 bridgehead atoms. The van der Waals surface area contributed by atoms with E-state index in [2.05, 4.69) is 5.32 Å². The van der Waals surface area contributed by atoms with Crippen molar-refractivity contribution in [3.63, 3.8) is 0 Å². The van der Waals surface area contributed by atoms with Gasteiger partial charge in [-0.25, -0.2) is 0 Å². The molecule has 0 saturated heterocycles. The van der Waals surface area contributed by atoms with Gasteiger partial charge < -0.3 is 15.0 Å². The standard InChI is InChI=1S/C25H34N2O3/c1-18-7-9-20(10-8-18)13-16-23(28)27(19(2)24(29)26-25(3,4)5)17-21-11-14-22(30-6)15-12-21/h7-12,14-15,19H,13,16-17H2,1-6H3,(H,26,29)/t19-/m1/s1. The van der Waals surface area contributed by atoms with E-state index in [1.54, 1.807) is 18.9 Å². The van der Waals surface area contributed by atoms with Crippen molar-refractivity contribution >= 4 is 11.8 Å². The second kappa shape index (κ2) is 10.3. The molecule has 0 radical (unpaired) electrons. The van der Waals surface area contributed by atoms with E-state index in [-0.39, 0.29) is 17.4 Å². The average molecular weight is 411 g/mol. The number of hydrogen-bond donors (Lipinski definition) is 1. The van der Waals surface area contributed by atoms with Gasteiger partial charge in [0.25, 0.3) is 0 Å². The Hall–Kier alpha value is -2.82. The summed E-state index contributed by atoms with van der Waals surface area (Å²) in [5, 5.41) is 2.99. The maximum absolute atomic E-state index is 13.1. The zero-order valence-corrected chi connectivity index (χ0v) is 19.0. The Balaban J connectivity index is 2.16. The van der Waals surface area contributed by atoms with Crippen LogP contribution in [0.3, 0.4) is 0 Å². The maximum Gasteiger partial charge on any atom is 0.242 e. The minimum absolute atomic E-state index is 0.0389. The van der Waals surface area contributed by atoms with Crippen LogP contribution in [0.2, 0.25) is 0 Å². The Morgan fingerprint density at radius 3 is 2.10 bits per heavy atom. The van der Waals surface area contributed by atoms with Crippen LogP contribution >= 0.6 is 0 Å². The third kappa shape index (κ3) is 7.21. The van der Waals surface area contributed by atoms with Crippen molar-refractivity contribution in [2.24, 2.45) is 0 Å². The maximum atomic E-state index is 13.1. The van der Waals surface area contributed by atoms with E-state index < -0.39 is 6.04 Å². The first-order valence-electron chi connectivity index (χ1n) is 10.4. The fraction of sp³-hybridized carbons (Fsp3) is 0.440. The number of carbonyl (C=O) groups excluding carboxylic acids is 2. The highest BCUT2D eigenvalue weighted by atomic mass is 16.5. The number of amides is 2. The van der Waals surface area contributed by atoms with Crippen LogP contribution in [-0.4, -0.2) is 35.4 Å². The van der Waals surface area contributed by atoms with E-state index in [4.69, 9.17) is 4.74 Å². The smallest absolute Gasteiger partial charge is 0.242 e. The number of rotatable bonds is 8. The van der Waals surface area contributed by atoms with Gasteiger partial charge in [-0.15, -0.1) is 0 Å². The Morgan fingerprint density at radius 2 is 1.57 bits per heavy atom. The van der Waals surface area contributed by atoms with Gasteiger partial charge in [0.15, 0.2) is 0 Å². The van der Waals surface area contributed by atoms with E-state index in [1.165, 1.54) is 5.56 Å². The molecule has 2 aromatic carbocycles. The number of benzene rings is 2. The van der Waals surface area contributed by atoms with Crippen LogP contribution < -0.4 is 10.1 Å². The van der Waals surface area contributed by atoms with Gasteiger partial charge in [0, 0.05) is 18.5 Å². The molecule has 2 amide bonds. The molecular formula is C25H34N2O3. The van der Waals surface area contributed by atoms with Crippen molar-refractivity contribution in [2.75, 3.05) is 7.11 Å². The van der Waals surface area contributed by atoms with Crippen LogP contribution in [0.1, 0.15) is 50.8 Å². The Labute approximate surface area is 180 Å². The van der Waals surface area contributed by atoms with Crippen LogP contribution in [0.25, 0.3) is 0 Å². The van der Waals surface area contributed by atoms with Gasteiger partial charge in [0.05, 0.1) is 7.11 Å². The Kier molecular flexibility index (Phi) is 8.04. The normalized spacial score (nSPS) is 12.2. The molecule has 2 rings (SSSR count). The van der Waals surface area contributed by atoms with E-state index in [0.29, 0.717) is 19.4 Å². The van der Waals surface area contributed by atoms with Gasteiger partial charge in [0.2, 0.25) is 11.8 Å². The lowest BCUT2D eigenvalue weighted by molar-refractivity contribution is -0.141. The van der Waals surface area contributed by atoms with E-state index in [0.717, 1.165) is 16.9 Å². The highest BCUT2D eigenvalue weighted by Crippen LogP contribution is 2.17. The van der Waals surface area contributed by atoms with Gasteiger partial charge in [-0.1, -0.05) is 42.0 Å². The molecule has 0 fully saturated rings. The van der Waals surface area contributed by atoms with Crippen molar-refractivity contribution in [1.29, 1.82) is 0 Å². The summed E-state index contributed by atoms with van der Waals surface area (Å²) in [5.41, 5.74) is 2.90. The first-order chi connectivity index (χ1) is 14.1. The second-order valence-corrected chi connectivity index (χ2v) is 8.77. The summed E-state index contributed by atoms with van der Waals surface area (Å²) in [6.45, 7) is 10.0. The van der Waals surface area contributed by atoms with Gasteiger partial charge in [-0.2, -0.15) is 0 Å². The lowest BCUT2D eigenvalue weighted by Crippen LogP contribution is -2.52. The van der Waals surface area contributed by atoms with E-state index in [1.807, 2.05) is 76.2 Å². The Bertz CT molecular complexity index is 836. The van der Waals surface area contributed by atoms with E-state index >= 15 is 0 Å². The Morgan fingerprint density at radius 1 is 1.00 bits per heavy atom. The number of methoxy groups -OCH3 is 1. The molecule has 2 aromatic rings. The van der Waals surface area contributed by atoms with Crippen molar-refractivity contribution in [3.8, 4) is 5.75 Å². The quantitative estimate of drug-likeness (QED) is 0.707. The summed E-state index contributed by atoms with van der Waals surface area (Å²) in [6.07, 6.45) is 0.998. The van der Waals surface area contributed by atoms with E-state index in [9.17, 15) is 9.59 Å². The first-order valence-corrected chi connectivity index (χ1v) is 10.4. The molecule has 0 unspecified atom stereocenters. The third-order valence-corrected chi connectivity index (χ3v) is 4.93. The predicted molar refractivity (Wildman–Crippen MR) is 120 cm³/mol. The second-order valence-electron chi connectivity index (χ2n) is 8.77. The molecule has 1 N–H and O–H groups in total. The minimum atomic E-state index is -0.572. The molecule has 0 spiro atoms. The highest BCUT2D eigenvalue weighted by molar-refractivity contribution is 5.87. The van der Waals surface area contributed by atoms with Crippen LogP contribution in [-0.2, 0) is 22.6 Å². The zero-order chi connectivity index (χ0) is 22.3. The molecule has 0 heterocycles. The molecule has 5 nitrogen and oxygen atoms in total. The molecule has 0 saturated carbocycles. The van der Waals surface area contributed by atoms with Gasteiger partial charge in [-0.3, -0.25) is 9.59 Å². The first kappa shape index (κ1) is 23.5. The molecule has 5 heteroatoms. The summed E-state index contributed by atoms with van der Waals surface area (Å²) < 4.78 is 5.21. The van der Waals surface area contributed by atoms with Crippen molar-refractivity contribution in [1.82, 2.24) is 10.2 Å². The lowest BCUT2D eigenvalue weighted by atomic mass is 10.1. The summed E-state index contributed by atoms with van der Waals surface area (Å²) in [7, 11) is 1.62. The topological polar surface area (TPSA) is 58.6 Å². The van der Waals surface area contributed by atoms with Gasteiger partial charge >= 0.3 is 0 Å². The molecule has 162 valence electrons. The summed E-state index contributed by atoms with van der Waals surface area (Å²) in [6, 6.07) is 15.2. The number of aryl methyl sites for hydroxylation is 2. The summed E-state index contributed by atoms with van der Waals surface area (Å²) in [5.74, 6) is 0.567. The fourth-order valence-electron chi connectivity index (χ4n) is 3.13. The molecule has 0 aliphatic rings. The summed E-state index contributed by atoms with van der Waals surface area (Å²) >= 11 is 0. The monoisotopic (exact) mass is 410 g/mol. The molecule has 0 aromatic heterocycles. The third-order valence-electron chi connectivity index (χ3n) is 4.93. The number of nitrogens with one attached hydrogen (secondary N) is 1. The molecule has 0 aliphatic heterocycles. The number of ether oxygens (including phenoxy) is 1. The summed E-state index contributed by atoms with van der Waals surface area (Å²) in [4.78, 5) is 27.6. The van der Waals surface area contributed by atoms with Crippen LogP contribution in [0.5, 0.6) is 5.75 Å². The minimum Gasteiger partial charge on any atom is -0.497 e. The van der Waals surface area contributed by atoms with Crippen molar-refractivity contribution in [3.05, 3.63) is 65.2 Å². The van der Waals surface area contributed by atoms with Crippen LogP contribution in [0.15, 0.2) is 48.5 Å². The van der Waals surface area contributed by atoms with Crippen LogP contribution in [0, 0.1) is 6.92 Å². The number of hydrogen-bond acceptors (Lipinski definition) is 3. The highest BCUT2D eigenvalue weighted by Gasteiger charge is 2.28. The van der Waals surface area contributed by atoms with Crippen molar-refractivity contribution < 1.29 is 14.3 Å². The molecule has 0 aliphatic carbocycles. The van der Waals surface area contributed by atoms with Crippen molar-refractivity contribution in [2.45, 2.75) is 65.6 Å². The largest absolute Gasteiger partial charge is 0.497 e. The van der Waals surface area contributed by atoms with Gasteiger partial charge in [-0.05, 0) is 64.3 Å².